The van der Waals surface area contributed by atoms with Gasteiger partial charge < -0.3 is 10.0 Å². The Kier molecular flexibility index (Phi) is 3.39. The van der Waals surface area contributed by atoms with Crippen LogP contribution in [-0.4, -0.2) is 39.6 Å². The summed E-state index contributed by atoms with van der Waals surface area (Å²) in [6.07, 6.45) is 1.27. The molecule has 2 heterocycles. The van der Waals surface area contributed by atoms with Crippen LogP contribution in [-0.2, 0) is 0 Å². The standard InChI is InChI=1S/C14H20N2O2/c1-10-4-5-12(11(2)15-10)13(17)16-8-6-14(3,18)7-9-16/h4-5,18H,6-9H2,1-3H3. The maximum absolute atomic E-state index is 12.3. The molecular weight excluding hydrogens is 228 g/mol. The van der Waals surface area contributed by atoms with Gasteiger partial charge in [-0.3, -0.25) is 9.78 Å². The SMILES string of the molecule is Cc1ccc(C(=O)N2CCC(C)(O)CC2)c(C)n1. The van der Waals surface area contributed by atoms with E-state index in [0.717, 1.165) is 11.4 Å². The zero-order valence-electron chi connectivity index (χ0n) is 11.2. The first-order valence-electron chi connectivity index (χ1n) is 6.35. The lowest BCUT2D eigenvalue weighted by Crippen LogP contribution is -2.45. The molecule has 1 aromatic heterocycles. The average Bonchev–Trinajstić information content (AvgIpc) is 2.28. The number of likely N-dealkylation sites (tertiary alicyclic amines) is 1. The van der Waals surface area contributed by atoms with Crippen molar-refractivity contribution in [1.29, 1.82) is 0 Å². The highest BCUT2D eigenvalue weighted by molar-refractivity contribution is 5.95. The summed E-state index contributed by atoms with van der Waals surface area (Å²) in [7, 11) is 0. The largest absolute Gasteiger partial charge is 0.390 e. The van der Waals surface area contributed by atoms with Crippen LogP contribution in [0.25, 0.3) is 0 Å². The van der Waals surface area contributed by atoms with Crippen LogP contribution in [0.15, 0.2) is 12.1 Å². The summed E-state index contributed by atoms with van der Waals surface area (Å²) in [5, 5.41) is 9.89. The number of rotatable bonds is 1. The topological polar surface area (TPSA) is 53.4 Å². The third-order valence-corrected chi connectivity index (χ3v) is 3.58. The molecular formula is C14H20N2O2. The van der Waals surface area contributed by atoms with Crippen LogP contribution in [0.3, 0.4) is 0 Å². The average molecular weight is 248 g/mol. The van der Waals surface area contributed by atoms with Crippen LogP contribution in [0, 0.1) is 13.8 Å². The van der Waals surface area contributed by atoms with Crippen LogP contribution < -0.4 is 0 Å². The smallest absolute Gasteiger partial charge is 0.255 e. The Hall–Kier alpha value is -1.42. The summed E-state index contributed by atoms with van der Waals surface area (Å²) in [4.78, 5) is 18.5. The van der Waals surface area contributed by atoms with Gasteiger partial charge in [-0.05, 0) is 45.7 Å². The number of aliphatic hydroxyl groups is 1. The van der Waals surface area contributed by atoms with Gasteiger partial charge in [-0.1, -0.05) is 0 Å². The van der Waals surface area contributed by atoms with E-state index in [1.54, 1.807) is 4.90 Å². The molecule has 1 aromatic rings. The number of amides is 1. The molecule has 1 aliphatic heterocycles. The van der Waals surface area contributed by atoms with Gasteiger partial charge in [0.25, 0.3) is 5.91 Å². The molecule has 2 rings (SSSR count). The minimum absolute atomic E-state index is 0.0236. The predicted molar refractivity (Wildman–Crippen MR) is 69.5 cm³/mol. The molecule has 98 valence electrons. The number of aryl methyl sites for hydroxylation is 2. The van der Waals surface area contributed by atoms with Crippen molar-refractivity contribution in [2.75, 3.05) is 13.1 Å². The van der Waals surface area contributed by atoms with E-state index in [0.29, 0.717) is 31.5 Å². The van der Waals surface area contributed by atoms with Crippen LogP contribution in [0.4, 0.5) is 0 Å². The van der Waals surface area contributed by atoms with E-state index in [1.165, 1.54) is 0 Å². The van der Waals surface area contributed by atoms with Crippen LogP contribution in [0.2, 0.25) is 0 Å². The molecule has 0 unspecified atom stereocenters. The number of pyridine rings is 1. The molecule has 4 nitrogen and oxygen atoms in total. The Morgan fingerprint density at radius 2 is 1.94 bits per heavy atom. The lowest BCUT2D eigenvalue weighted by molar-refractivity contribution is -0.00205. The van der Waals surface area contributed by atoms with Crippen LogP contribution in [0.5, 0.6) is 0 Å². The minimum atomic E-state index is -0.628. The summed E-state index contributed by atoms with van der Waals surface area (Å²) in [6, 6.07) is 3.70. The molecule has 0 radical (unpaired) electrons. The second kappa shape index (κ2) is 4.69. The fourth-order valence-electron chi connectivity index (χ4n) is 2.27. The second-order valence-electron chi connectivity index (χ2n) is 5.37. The zero-order chi connectivity index (χ0) is 13.3. The van der Waals surface area contributed by atoms with Gasteiger partial charge in [-0.15, -0.1) is 0 Å². The molecule has 1 amide bonds. The number of nitrogens with zero attached hydrogens (tertiary/aromatic N) is 2. The third-order valence-electron chi connectivity index (χ3n) is 3.58. The number of carbonyl (C=O) groups excluding carboxylic acids is 1. The molecule has 1 N–H and O–H groups in total. The lowest BCUT2D eigenvalue weighted by atomic mass is 9.93. The van der Waals surface area contributed by atoms with Gasteiger partial charge in [0.05, 0.1) is 16.9 Å². The maximum atomic E-state index is 12.3. The van der Waals surface area contributed by atoms with Gasteiger partial charge in [-0.2, -0.15) is 0 Å². The molecule has 0 aromatic carbocycles. The number of aromatic nitrogens is 1. The van der Waals surface area contributed by atoms with Gasteiger partial charge in [0.2, 0.25) is 0 Å². The molecule has 0 saturated carbocycles. The Bertz CT molecular complexity index is 459. The van der Waals surface area contributed by atoms with E-state index in [2.05, 4.69) is 4.98 Å². The first-order valence-corrected chi connectivity index (χ1v) is 6.35. The summed E-state index contributed by atoms with van der Waals surface area (Å²) in [5.74, 6) is 0.0236. The zero-order valence-corrected chi connectivity index (χ0v) is 11.2. The third kappa shape index (κ3) is 2.70. The molecule has 0 spiro atoms. The Morgan fingerprint density at radius 3 is 2.50 bits per heavy atom. The predicted octanol–water partition coefficient (Wildman–Crippen LogP) is 1.69. The van der Waals surface area contributed by atoms with Crippen molar-refractivity contribution in [2.24, 2.45) is 0 Å². The first-order chi connectivity index (χ1) is 8.39. The molecule has 0 bridgehead atoms. The minimum Gasteiger partial charge on any atom is -0.390 e. The van der Waals surface area contributed by atoms with Crippen molar-refractivity contribution in [3.05, 3.63) is 29.1 Å². The van der Waals surface area contributed by atoms with Crippen LogP contribution in [0.1, 0.15) is 41.5 Å². The fourth-order valence-corrected chi connectivity index (χ4v) is 2.27. The molecule has 0 aliphatic carbocycles. The maximum Gasteiger partial charge on any atom is 0.255 e. The Balaban J connectivity index is 2.13. The van der Waals surface area contributed by atoms with E-state index < -0.39 is 5.60 Å². The summed E-state index contributed by atoms with van der Waals surface area (Å²) in [5.41, 5.74) is 1.74. The molecule has 1 aliphatic rings. The van der Waals surface area contributed by atoms with E-state index >= 15 is 0 Å². The van der Waals surface area contributed by atoms with Crippen molar-refractivity contribution in [1.82, 2.24) is 9.88 Å². The quantitative estimate of drug-likeness (QED) is 0.822. The highest BCUT2D eigenvalue weighted by Crippen LogP contribution is 2.22. The lowest BCUT2D eigenvalue weighted by Gasteiger charge is -2.35. The summed E-state index contributed by atoms with van der Waals surface area (Å²) in [6.45, 7) is 6.82. The van der Waals surface area contributed by atoms with Gasteiger partial charge in [0.15, 0.2) is 0 Å². The fraction of sp³-hybridized carbons (Fsp3) is 0.571. The first kappa shape index (κ1) is 13.0. The normalized spacial score (nSPS) is 18.8. The van der Waals surface area contributed by atoms with E-state index in [4.69, 9.17) is 0 Å². The van der Waals surface area contributed by atoms with E-state index in [1.807, 2.05) is 32.9 Å². The van der Waals surface area contributed by atoms with Crippen molar-refractivity contribution in [3.8, 4) is 0 Å². The number of hydrogen-bond acceptors (Lipinski definition) is 3. The highest BCUT2D eigenvalue weighted by Gasteiger charge is 2.30. The van der Waals surface area contributed by atoms with Crippen LogP contribution >= 0.6 is 0 Å². The number of hydrogen-bond donors (Lipinski definition) is 1. The monoisotopic (exact) mass is 248 g/mol. The van der Waals surface area contributed by atoms with Gasteiger partial charge in [0, 0.05) is 18.8 Å². The molecule has 0 atom stereocenters. The Morgan fingerprint density at radius 1 is 1.33 bits per heavy atom. The Labute approximate surface area is 108 Å². The highest BCUT2D eigenvalue weighted by atomic mass is 16.3. The molecule has 1 fully saturated rings. The van der Waals surface area contributed by atoms with Crippen molar-refractivity contribution >= 4 is 5.91 Å². The van der Waals surface area contributed by atoms with Crippen molar-refractivity contribution in [3.63, 3.8) is 0 Å². The molecule has 1 saturated heterocycles. The van der Waals surface area contributed by atoms with Gasteiger partial charge in [0.1, 0.15) is 0 Å². The second-order valence-corrected chi connectivity index (χ2v) is 5.37. The van der Waals surface area contributed by atoms with E-state index in [9.17, 15) is 9.90 Å². The molecule has 4 heteroatoms. The van der Waals surface area contributed by atoms with Gasteiger partial charge in [-0.25, -0.2) is 0 Å². The summed E-state index contributed by atoms with van der Waals surface area (Å²) < 4.78 is 0. The summed E-state index contributed by atoms with van der Waals surface area (Å²) >= 11 is 0. The van der Waals surface area contributed by atoms with Crippen molar-refractivity contribution in [2.45, 2.75) is 39.2 Å². The van der Waals surface area contributed by atoms with Gasteiger partial charge >= 0.3 is 0 Å². The number of piperidine rings is 1. The molecule has 18 heavy (non-hydrogen) atoms. The van der Waals surface area contributed by atoms with Crippen molar-refractivity contribution < 1.29 is 9.90 Å². The number of carbonyl (C=O) groups is 1. The van der Waals surface area contributed by atoms with E-state index in [-0.39, 0.29) is 5.91 Å².